The Morgan fingerprint density at radius 1 is 1.19 bits per heavy atom. The SMILES string of the molecule is CC1(C)OC2CC3C4CC(F)C5=CC(=O)C=CC5(C)C4C(O)CC3(C)C2(C(=O)C(=O)O)O1. The fourth-order valence-electron chi connectivity index (χ4n) is 7.99. The van der Waals surface area contributed by atoms with E-state index in [2.05, 4.69) is 0 Å². The molecule has 174 valence electrons. The summed E-state index contributed by atoms with van der Waals surface area (Å²) in [5.74, 6) is -5.10. The molecule has 4 fully saturated rings. The van der Waals surface area contributed by atoms with Gasteiger partial charge in [-0.3, -0.25) is 9.59 Å². The number of hydrogen-bond acceptors (Lipinski definition) is 6. The number of hydrogen-bond donors (Lipinski definition) is 2. The van der Waals surface area contributed by atoms with Gasteiger partial charge in [0.1, 0.15) is 6.17 Å². The highest BCUT2D eigenvalue weighted by atomic mass is 19.1. The Morgan fingerprint density at radius 2 is 1.88 bits per heavy atom. The van der Waals surface area contributed by atoms with E-state index in [1.165, 1.54) is 12.2 Å². The van der Waals surface area contributed by atoms with Gasteiger partial charge in [-0.1, -0.05) is 19.9 Å². The van der Waals surface area contributed by atoms with Crippen molar-refractivity contribution in [3.63, 3.8) is 0 Å². The van der Waals surface area contributed by atoms with E-state index in [0.29, 0.717) is 12.0 Å². The van der Waals surface area contributed by atoms with Gasteiger partial charge < -0.3 is 19.7 Å². The predicted octanol–water partition coefficient (Wildman–Crippen LogP) is 2.37. The summed E-state index contributed by atoms with van der Waals surface area (Å²) in [5.41, 5.74) is -3.25. The van der Waals surface area contributed by atoms with Crippen LogP contribution in [0.4, 0.5) is 4.39 Å². The van der Waals surface area contributed by atoms with Gasteiger partial charge in [-0.15, -0.1) is 0 Å². The first kappa shape index (κ1) is 21.9. The molecule has 9 atom stereocenters. The van der Waals surface area contributed by atoms with Crippen LogP contribution in [-0.4, -0.2) is 57.5 Å². The van der Waals surface area contributed by atoms with Gasteiger partial charge in [0.2, 0.25) is 0 Å². The second-order valence-electron chi connectivity index (χ2n) is 11.0. The lowest BCUT2D eigenvalue weighted by molar-refractivity contribution is -0.226. The highest BCUT2D eigenvalue weighted by Crippen LogP contribution is 2.70. The van der Waals surface area contributed by atoms with Crippen LogP contribution in [0.2, 0.25) is 0 Å². The van der Waals surface area contributed by atoms with Crippen LogP contribution in [-0.2, 0) is 23.9 Å². The number of allylic oxidation sites excluding steroid dienone is 4. The fraction of sp³-hybridized carbons (Fsp3) is 0.708. The highest BCUT2D eigenvalue weighted by molar-refractivity contribution is 6.36. The number of carboxylic acid groups (broad SMARTS) is 1. The minimum absolute atomic E-state index is 0.0952. The number of ketones is 2. The normalized spacial score (nSPS) is 50.7. The van der Waals surface area contributed by atoms with Crippen LogP contribution >= 0.6 is 0 Å². The first-order chi connectivity index (χ1) is 14.8. The number of halogens is 1. The number of fused-ring (bicyclic) bond motifs is 7. The van der Waals surface area contributed by atoms with Crippen LogP contribution < -0.4 is 0 Å². The Hall–Kier alpha value is -1.90. The largest absolute Gasteiger partial charge is 0.475 e. The number of carbonyl (C=O) groups is 3. The summed E-state index contributed by atoms with van der Waals surface area (Å²) in [6, 6.07) is 0. The molecule has 32 heavy (non-hydrogen) atoms. The summed E-state index contributed by atoms with van der Waals surface area (Å²) in [5, 5.41) is 21.1. The predicted molar refractivity (Wildman–Crippen MR) is 109 cm³/mol. The third kappa shape index (κ3) is 2.49. The summed E-state index contributed by atoms with van der Waals surface area (Å²) in [4.78, 5) is 37.0. The molecule has 0 spiro atoms. The Balaban J connectivity index is 1.63. The van der Waals surface area contributed by atoms with Crippen molar-refractivity contribution in [3.8, 4) is 0 Å². The first-order valence-corrected chi connectivity index (χ1v) is 11.2. The summed E-state index contributed by atoms with van der Waals surface area (Å²) in [6.07, 6.45) is 1.92. The van der Waals surface area contributed by atoms with Gasteiger partial charge in [0.05, 0.1) is 12.2 Å². The molecule has 0 aromatic rings. The third-order valence-electron chi connectivity index (χ3n) is 9.00. The van der Waals surface area contributed by atoms with Crippen molar-refractivity contribution in [2.75, 3.05) is 0 Å². The summed E-state index contributed by atoms with van der Waals surface area (Å²) < 4.78 is 27.6. The lowest BCUT2D eigenvalue weighted by Crippen LogP contribution is -2.65. The molecule has 3 saturated carbocycles. The minimum atomic E-state index is -1.75. The van der Waals surface area contributed by atoms with Crippen molar-refractivity contribution >= 4 is 17.5 Å². The second-order valence-corrected chi connectivity index (χ2v) is 11.0. The molecule has 2 N–H and O–H groups in total. The lowest BCUT2D eigenvalue weighted by Gasteiger charge is -2.60. The van der Waals surface area contributed by atoms with Crippen molar-refractivity contribution < 1.29 is 38.5 Å². The van der Waals surface area contributed by atoms with Crippen LogP contribution in [0.3, 0.4) is 0 Å². The van der Waals surface area contributed by atoms with E-state index in [4.69, 9.17) is 9.47 Å². The van der Waals surface area contributed by atoms with Gasteiger partial charge in [0.25, 0.3) is 5.78 Å². The molecule has 1 heterocycles. The fourth-order valence-corrected chi connectivity index (χ4v) is 7.99. The molecule has 0 aromatic heterocycles. The zero-order valence-electron chi connectivity index (χ0n) is 18.6. The number of aliphatic carboxylic acids is 1. The number of carboxylic acids is 1. The molecule has 0 radical (unpaired) electrons. The number of ether oxygens (including phenoxy) is 2. The van der Waals surface area contributed by atoms with Gasteiger partial charge in [-0.25, -0.2) is 9.18 Å². The topological polar surface area (TPSA) is 110 Å². The van der Waals surface area contributed by atoms with E-state index < -0.39 is 52.4 Å². The van der Waals surface area contributed by atoms with Gasteiger partial charge in [0.15, 0.2) is 17.2 Å². The smallest absolute Gasteiger partial charge is 0.375 e. The van der Waals surface area contributed by atoms with E-state index in [9.17, 15) is 24.6 Å². The highest BCUT2D eigenvalue weighted by Gasteiger charge is 2.78. The van der Waals surface area contributed by atoms with Crippen LogP contribution in [0.15, 0.2) is 23.8 Å². The number of carbonyl (C=O) groups excluding carboxylic acids is 2. The maximum absolute atomic E-state index is 15.5. The van der Waals surface area contributed by atoms with Gasteiger partial charge in [-0.2, -0.15) is 0 Å². The van der Waals surface area contributed by atoms with Crippen LogP contribution in [0.1, 0.15) is 47.0 Å². The standard InChI is InChI=1S/C24H29FO7/c1-21(2)31-17-9-13-12-8-15(25)14-7-11(26)5-6-22(14,3)18(12)16(27)10-23(13,4)24(17,32-21)19(28)20(29)30/h5-7,12-13,15-18,27H,8-10H2,1-4H3,(H,29,30). The molecule has 7 nitrogen and oxygen atoms in total. The molecule has 0 aromatic carbocycles. The van der Waals surface area contributed by atoms with Crippen molar-refractivity contribution in [1.82, 2.24) is 0 Å². The maximum Gasteiger partial charge on any atom is 0.375 e. The summed E-state index contributed by atoms with van der Waals surface area (Å²) in [6.45, 7) is 6.91. The Morgan fingerprint density at radius 3 is 2.53 bits per heavy atom. The van der Waals surface area contributed by atoms with E-state index in [0.717, 1.165) is 0 Å². The molecule has 5 aliphatic rings. The first-order valence-electron chi connectivity index (χ1n) is 11.2. The van der Waals surface area contributed by atoms with Gasteiger partial charge >= 0.3 is 5.97 Å². The Kier molecular flexibility index (Phi) is 4.36. The molecule has 0 amide bonds. The zero-order valence-corrected chi connectivity index (χ0v) is 18.6. The quantitative estimate of drug-likeness (QED) is 0.624. The lowest BCUT2D eigenvalue weighted by atomic mass is 9.46. The van der Waals surface area contributed by atoms with E-state index in [-0.39, 0.29) is 36.4 Å². The molecule has 9 unspecified atom stereocenters. The molecule has 1 aliphatic heterocycles. The zero-order chi connectivity index (χ0) is 23.4. The Bertz CT molecular complexity index is 985. The Labute approximate surface area is 185 Å². The molecular formula is C24H29FO7. The number of rotatable bonds is 2. The molecule has 1 saturated heterocycles. The average molecular weight is 448 g/mol. The monoisotopic (exact) mass is 448 g/mol. The minimum Gasteiger partial charge on any atom is -0.475 e. The molecule has 5 rings (SSSR count). The van der Waals surface area contributed by atoms with E-state index in [1.54, 1.807) is 26.8 Å². The van der Waals surface area contributed by atoms with E-state index >= 15 is 4.39 Å². The maximum atomic E-state index is 15.5. The van der Waals surface area contributed by atoms with Crippen molar-refractivity contribution in [3.05, 3.63) is 23.8 Å². The van der Waals surface area contributed by atoms with Crippen molar-refractivity contribution in [1.29, 1.82) is 0 Å². The molecular weight excluding hydrogens is 419 g/mol. The van der Waals surface area contributed by atoms with Gasteiger partial charge in [0, 0.05) is 16.7 Å². The third-order valence-corrected chi connectivity index (χ3v) is 9.00. The van der Waals surface area contributed by atoms with Crippen LogP contribution in [0.5, 0.6) is 0 Å². The molecule has 4 aliphatic carbocycles. The second kappa shape index (κ2) is 6.36. The van der Waals surface area contributed by atoms with Crippen LogP contribution in [0, 0.1) is 28.6 Å². The molecule has 0 bridgehead atoms. The number of aliphatic hydroxyl groups is 1. The number of alkyl halides is 1. The molecule has 8 heteroatoms. The summed E-state index contributed by atoms with van der Waals surface area (Å²) >= 11 is 0. The average Bonchev–Trinajstić information content (AvgIpc) is 3.08. The number of Topliss-reactive ketones (excluding diaryl/α,β-unsaturated/α-hetero) is 1. The van der Waals surface area contributed by atoms with Crippen molar-refractivity contribution in [2.24, 2.45) is 28.6 Å². The number of aliphatic hydroxyl groups excluding tert-OH is 1. The van der Waals surface area contributed by atoms with E-state index in [1.807, 2.05) is 6.92 Å². The van der Waals surface area contributed by atoms with Crippen molar-refractivity contribution in [2.45, 2.75) is 76.7 Å². The van der Waals surface area contributed by atoms with Crippen LogP contribution in [0.25, 0.3) is 0 Å². The van der Waals surface area contributed by atoms with Gasteiger partial charge in [-0.05, 0) is 62.7 Å². The summed E-state index contributed by atoms with van der Waals surface area (Å²) in [7, 11) is 0.